The summed E-state index contributed by atoms with van der Waals surface area (Å²) in [6, 6.07) is 3.08. The molecule has 0 spiro atoms. The molecule has 2 rings (SSSR count). The van der Waals surface area contributed by atoms with Crippen molar-refractivity contribution in [1.82, 2.24) is 5.32 Å². The molecule has 5 nitrogen and oxygen atoms in total. The van der Waals surface area contributed by atoms with Gasteiger partial charge in [0.1, 0.15) is 6.04 Å². The van der Waals surface area contributed by atoms with Crippen molar-refractivity contribution >= 4 is 21.9 Å². The average molecular weight is 302 g/mol. The number of carboxylic acid groups (broad SMARTS) is 1. The predicted octanol–water partition coefficient (Wildman–Crippen LogP) is 1.74. The lowest BCUT2D eigenvalue weighted by Gasteiger charge is -2.11. The van der Waals surface area contributed by atoms with Gasteiger partial charge in [0.25, 0.3) is 0 Å². The summed E-state index contributed by atoms with van der Waals surface area (Å²) < 4.78 is 11.4. The van der Waals surface area contributed by atoms with Crippen LogP contribution in [0.4, 0.5) is 0 Å². The first-order valence-corrected chi connectivity index (χ1v) is 5.91. The molecule has 0 radical (unpaired) electrons. The predicted molar refractivity (Wildman–Crippen MR) is 64.2 cm³/mol. The summed E-state index contributed by atoms with van der Waals surface area (Å²) in [5.74, 6) is 0.516. The Kier molecular flexibility index (Phi) is 3.54. The third-order valence-electron chi connectivity index (χ3n) is 2.51. The first kappa shape index (κ1) is 12.2. The Hall–Kier alpha value is -1.27. The van der Waals surface area contributed by atoms with Crippen molar-refractivity contribution in [3.63, 3.8) is 0 Å². The fourth-order valence-corrected chi connectivity index (χ4v) is 1.91. The normalized spacial score (nSPS) is 14.7. The van der Waals surface area contributed by atoms with Gasteiger partial charge in [-0.3, -0.25) is 4.79 Å². The van der Waals surface area contributed by atoms with Crippen LogP contribution in [0.15, 0.2) is 16.6 Å². The number of hydrogen-bond acceptors (Lipinski definition) is 4. The van der Waals surface area contributed by atoms with Gasteiger partial charge in [-0.2, -0.15) is 0 Å². The number of benzene rings is 1. The Morgan fingerprint density at radius 2 is 2.18 bits per heavy atom. The Morgan fingerprint density at radius 3 is 2.82 bits per heavy atom. The van der Waals surface area contributed by atoms with Crippen LogP contribution in [0.5, 0.6) is 11.5 Å². The lowest BCUT2D eigenvalue weighted by atomic mass is 10.2. The maximum absolute atomic E-state index is 10.7. The first-order valence-electron chi connectivity index (χ1n) is 5.12. The molecule has 0 saturated heterocycles. The van der Waals surface area contributed by atoms with Crippen LogP contribution in [0, 0.1) is 0 Å². The molecule has 1 atom stereocenters. The van der Waals surface area contributed by atoms with Crippen molar-refractivity contribution in [2.24, 2.45) is 0 Å². The molecule has 0 aromatic heterocycles. The standard InChI is InChI=1S/C11H12BrNO4/c1-6(11(14)15)13-4-7-2-9-10(3-8(7)12)17-5-16-9/h2-3,6,13H,4-5H2,1H3,(H,14,15). The highest BCUT2D eigenvalue weighted by molar-refractivity contribution is 9.10. The second-order valence-electron chi connectivity index (χ2n) is 3.74. The van der Waals surface area contributed by atoms with Gasteiger partial charge in [-0.1, -0.05) is 15.9 Å². The molecule has 6 heteroatoms. The summed E-state index contributed by atoms with van der Waals surface area (Å²) >= 11 is 3.41. The number of fused-ring (bicyclic) bond motifs is 1. The molecule has 17 heavy (non-hydrogen) atoms. The molecule has 1 unspecified atom stereocenters. The van der Waals surface area contributed by atoms with E-state index < -0.39 is 12.0 Å². The largest absolute Gasteiger partial charge is 0.480 e. The van der Waals surface area contributed by atoms with Gasteiger partial charge in [-0.15, -0.1) is 0 Å². The minimum atomic E-state index is -0.873. The van der Waals surface area contributed by atoms with E-state index in [1.165, 1.54) is 0 Å². The van der Waals surface area contributed by atoms with Gasteiger partial charge >= 0.3 is 5.97 Å². The third-order valence-corrected chi connectivity index (χ3v) is 3.25. The molecular weight excluding hydrogens is 290 g/mol. The van der Waals surface area contributed by atoms with E-state index in [1.54, 1.807) is 6.92 Å². The van der Waals surface area contributed by atoms with Gasteiger partial charge in [0.05, 0.1) is 0 Å². The SMILES string of the molecule is CC(NCc1cc2c(cc1Br)OCO2)C(=O)O. The highest BCUT2D eigenvalue weighted by Crippen LogP contribution is 2.36. The number of rotatable bonds is 4. The smallest absolute Gasteiger partial charge is 0.320 e. The molecule has 1 heterocycles. The maximum Gasteiger partial charge on any atom is 0.320 e. The van der Waals surface area contributed by atoms with Crippen molar-refractivity contribution < 1.29 is 19.4 Å². The molecule has 0 amide bonds. The van der Waals surface area contributed by atoms with Crippen LogP contribution >= 0.6 is 15.9 Å². The summed E-state index contributed by atoms with van der Waals surface area (Å²) in [5, 5.41) is 11.7. The van der Waals surface area contributed by atoms with Gasteiger partial charge in [-0.25, -0.2) is 0 Å². The zero-order chi connectivity index (χ0) is 12.4. The van der Waals surface area contributed by atoms with Crippen LogP contribution in [-0.4, -0.2) is 23.9 Å². The Labute approximate surface area is 107 Å². The number of hydrogen-bond donors (Lipinski definition) is 2. The van der Waals surface area contributed by atoms with Gasteiger partial charge in [0.15, 0.2) is 11.5 Å². The second kappa shape index (κ2) is 4.93. The molecule has 92 valence electrons. The Balaban J connectivity index is 2.09. The summed E-state index contributed by atoms with van der Waals surface area (Å²) in [6.07, 6.45) is 0. The number of carbonyl (C=O) groups is 1. The van der Waals surface area contributed by atoms with Crippen molar-refractivity contribution in [3.8, 4) is 11.5 Å². The zero-order valence-corrected chi connectivity index (χ0v) is 10.8. The van der Waals surface area contributed by atoms with E-state index >= 15 is 0 Å². The fraction of sp³-hybridized carbons (Fsp3) is 0.364. The number of halogens is 1. The van der Waals surface area contributed by atoms with E-state index in [9.17, 15) is 4.79 Å². The average Bonchev–Trinajstić information content (AvgIpc) is 2.72. The lowest BCUT2D eigenvalue weighted by molar-refractivity contribution is -0.139. The molecule has 1 aliphatic rings. The van der Waals surface area contributed by atoms with Crippen molar-refractivity contribution in [1.29, 1.82) is 0 Å². The summed E-state index contributed by atoms with van der Waals surface area (Å²) in [6.45, 7) is 2.28. The molecule has 1 aromatic rings. The first-order chi connectivity index (χ1) is 8.08. The molecule has 0 bridgehead atoms. The van der Waals surface area contributed by atoms with Crippen LogP contribution in [0.1, 0.15) is 12.5 Å². The molecule has 0 fully saturated rings. The highest BCUT2D eigenvalue weighted by Gasteiger charge is 2.17. The van der Waals surface area contributed by atoms with Crippen LogP contribution in [0.3, 0.4) is 0 Å². The summed E-state index contributed by atoms with van der Waals surface area (Å²) in [4.78, 5) is 10.7. The minimum Gasteiger partial charge on any atom is -0.480 e. The zero-order valence-electron chi connectivity index (χ0n) is 9.20. The molecule has 1 aliphatic heterocycles. The van der Waals surface area contributed by atoms with Crippen LogP contribution in [-0.2, 0) is 11.3 Å². The van der Waals surface area contributed by atoms with Crippen LogP contribution in [0.2, 0.25) is 0 Å². The minimum absolute atomic E-state index is 0.226. The van der Waals surface area contributed by atoms with Gasteiger partial charge in [0.2, 0.25) is 6.79 Å². The molecule has 0 saturated carbocycles. The fourth-order valence-electron chi connectivity index (χ4n) is 1.45. The van der Waals surface area contributed by atoms with Crippen molar-refractivity contribution in [3.05, 3.63) is 22.2 Å². The van der Waals surface area contributed by atoms with Gasteiger partial charge in [0, 0.05) is 11.0 Å². The van der Waals surface area contributed by atoms with Gasteiger partial charge < -0.3 is 19.9 Å². The summed E-state index contributed by atoms with van der Waals surface area (Å²) in [7, 11) is 0. The van der Waals surface area contributed by atoms with E-state index in [0.717, 1.165) is 10.0 Å². The van der Waals surface area contributed by atoms with Crippen molar-refractivity contribution in [2.45, 2.75) is 19.5 Å². The topological polar surface area (TPSA) is 67.8 Å². The van der Waals surface area contributed by atoms with E-state index in [1.807, 2.05) is 12.1 Å². The van der Waals surface area contributed by atoms with Crippen LogP contribution in [0.25, 0.3) is 0 Å². The number of nitrogens with one attached hydrogen (secondary N) is 1. The highest BCUT2D eigenvalue weighted by atomic mass is 79.9. The van der Waals surface area contributed by atoms with E-state index in [4.69, 9.17) is 14.6 Å². The third kappa shape index (κ3) is 2.70. The van der Waals surface area contributed by atoms with Crippen LogP contribution < -0.4 is 14.8 Å². The van der Waals surface area contributed by atoms with Gasteiger partial charge in [-0.05, 0) is 24.6 Å². The number of aliphatic carboxylic acids is 1. The second-order valence-corrected chi connectivity index (χ2v) is 4.59. The maximum atomic E-state index is 10.7. The Bertz CT molecular complexity index is 449. The summed E-state index contributed by atoms with van der Waals surface area (Å²) in [5.41, 5.74) is 0.933. The lowest BCUT2D eigenvalue weighted by Crippen LogP contribution is -2.33. The van der Waals surface area contributed by atoms with Crippen molar-refractivity contribution in [2.75, 3.05) is 6.79 Å². The molecule has 0 aliphatic carbocycles. The monoisotopic (exact) mass is 301 g/mol. The molecule has 1 aromatic carbocycles. The van der Waals surface area contributed by atoms with E-state index in [0.29, 0.717) is 18.0 Å². The number of carboxylic acids is 1. The molecular formula is C11H12BrNO4. The number of ether oxygens (including phenoxy) is 2. The van der Waals surface area contributed by atoms with E-state index in [-0.39, 0.29) is 6.79 Å². The quantitative estimate of drug-likeness (QED) is 0.887. The van der Waals surface area contributed by atoms with E-state index in [2.05, 4.69) is 21.2 Å². The molecule has 2 N–H and O–H groups in total. The Morgan fingerprint density at radius 1 is 1.53 bits per heavy atom.